The molecule has 1 aromatic carbocycles. The lowest BCUT2D eigenvalue weighted by atomic mass is 9.85. The number of benzene rings is 1. The van der Waals surface area contributed by atoms with Gasteiger partial charge in [0.25, 0.3) is 0 Å². The molecule has 7 heteroatoms. The average molecular weight is 519 g/mol. The van der Waals surface area contributed by atoms with Gasteiger partial charge in [-0.25, -0.2) is 0 Å². The van der Waals surface area contributed by atoms with E-state index in [1.54, 1.807) is 12.1 Å². The van der Waals surface area contributed by atoms with Gasteiger partial charge in [0, 0.05) is 6.07 Å². The van der Waals surface area contributed by atoms with Crippen LogP contribution >= 0.6 is 0 Å². The van der Waals surface area contributed by atoms with Gasteiger partial charge in [0.2, 0.25) is 16.9 Å². The van der Waals surface area contributed by atoms with Gasteiger partial charge in [0.05, 0.1) is 27.2 Å². The van der Waals surface area contributed by atoms with E-state index in [4.69, 9.17) is 18.6 Å². The maximum absolute atomic E-state index is 12.7. The van der Waals surface area contributed by atoms with Gasteiger partial charge in [-0.1, -0.05) is 38.1 Å². The number of rotatable bonds is 8. The maximum Gasteiger partial charge on any atom is 0.227 e. The second-order valence-corrected chi connectivity index (χ2v) is 9.73. The van der Waals surface area contributed by atoms with Gasteiger partial charge in [-0.15, -0.1) is 0 Å². The highest BCUT2D eigenvalue weighted by Gasteiger charge is 2.32. The Hall–Kier alpha value is -3.97. The van der Waals surface area contributed by atoms with Gasteiger partial charge in [-0.05, 0) is 70.8 Å². The van der Waals surface area contributed by atoms with E-state index in [1.165, 1.54) is 26.9 Å². The van der Waals surface area contributed by atoms with Crippen molar-refractivity contribution in [3.8, 4) is 34.1 Å². The Bertz CT molecular complexity index is 1470. The van der Waals surface area contributed by atoms with Crippen LogP contribution in [0.1, 0.15) is 65.0 Å². The van der Waals surface area contributed by atoms with E-state index in [0.29, 0.717) is 28.7 Å². The van der Waals surface area contributed by atoms with Crippen LogP contribution in [0.25, 0.3) is 11.1 Å². The number of ether oxygens (including phenoxy) is 3. The van der Waals surface area contributed by atoms with Crippen LogP contribution in [0.5, 0.6) is 23.0 Å². The summed E-state index contributed by atoms with van der Waals surface area (Å²) in [4.78, 5) is 12.7. The fraction of sp³-hybridized carbons (Fsp3) is 0.323. The van der Waals surface area contributed by atoms with Crippen LogP contribution in [0.2, 0.25) is 0 Å². The summed E-state index contributed by atoms with van der Waals surface area (Å²) in [7, 11) is 4.58. The van der Waals surface area contributed by atoms with Crippen LogP contribution in [-0.2, 0) is 6.61 Å². The lowest BCUT2D eigenvalue weighted by molar-refractivity contribution is 0.234. The highest BCUT2D eigenvalue weighted by Crippen LogP contribution is 2.49. The molecule has 200 valence electrons. The molecule has 2 aliphatic carbocycles. The molecule has 2 N–H and O–H groups in total. The van der Waals surface area contributed by atoms with Crippen molar-refractivity contribution in [1.82, 2.24) is 0 Å². The summed E-state index contributed by atoms with van der Waals surface area (Å²) in [6.45, 7) is 7.91. The predicted molar refractivity (Wildman–Crippen MR) is 146 cm³/mol. The molecule has 0 radical (unpaired) electrons. The summed E-state index contributed by atoms with van der Waals surface area (Å²) >= 11 is 0. The number of hydrogen-bond acceptors (Lipinski definition) is 7. The molecule has 0 spiro atoms. The summed E-state index contributed by atoms with van der Waals surface area (Å²) in [5, 5.41) is 20.8. The minimum Gasteiger partial charge on any atom is -0.502 e. The van der Waals surface area contributed by atoms with Crippen LogP contribution in [0.15, 0.2) is 51.7 Å². The van der Waals surface area contributed by atoms with Crippen molar-refractivity contribution >= 4 is 0 Å². The third-order valence-electron chi connectivity index (χ3n) is 7.00. The van der Waals surface area contributed by atoms with E-state index in [0.717, 1.165) is 33.9 Å². The van der Waals surface area contributed by atoms with Gasteiger partial charge >= 0.3 is 0 Å². The number of fused-ring (bicyclic) bond motifs is 1. The SMILES string of the molecule is COc1cc(C(c2cc(C)c3cc(C(C)C)ccc(C)c2-3)c2oc(CO)cc(=O)c2O)cc(OC)c1OC. The number of aromatic hydroxyl groups is 1. The molecule has 0 bridgehead atoms. The largest absolute Gasteiger partial charge is 0.502 e. The summed E-state index contributed by atoms with van der Waals surface area (Å²) in [5.74, 6) is 0.413. The molecule has 1 unspecified atom stereocenters. The highest BCUT2D eigenvalue weighted by atomic mass is 16.5. The van der Waals surface area contributed by atoms with E-state index in [1.807, 2.05) is 13.8 Å². The van der Waals surface area contributed by atoms with Crippen LogP contribution in [0, 0.1) is 13.8 Å². The molecular weight excluding hydrogens is 484 g/mol. The molecule has 0 saturated heterocycles. The summed E-state index contributed by atoms with van der Waals surface area (Å²) in [6, 6.07) is 13.1. The predicted octanol–water partition coefficient (Wildman–Crippen LogP) is 5.89. The van der Waals surface area contributed by atoms with E-state index < -0.39 is 23.7 Å². The van der Waals surface area contributed by atoms with Gasteiger partial charge in [0.1, 0.15) is 12.4 Å². The number of hydrogen-bond donors (Lipinski definition) is 2. The Kier molecular flexibility index (Phi) is 7.69. The van der Waals surface area contributed by atoms with Gasteiger partial charge in [0.15, 0.2) is 17.3 Å². The normalized spacial score (nSPS) is 12.1. The van der Waals surface area contributed by atoms with Crippen molar-refractivity contribution in [3.63, 3.8) is 0 Å². The van der Waals surface area contributed by atoms with Crippen LogP contribution in [-0.4, -0.2) is 31.5 Å². The van der Waals surface area contributed by atoms with Crippen LogP contribution in [0.3, 0.4) is 0 Å². The van der Waals surface area contributed by atoms with Crippen LogP contribution in [0.4, 0.5) is 0 Å². The molecule has 38 heavy (non-hydrogen) atoms. The lowest BCUT2D eigenvalue weighted by Gasteiger charge is -2.22. The fourth-order valence-corrected chi connectivity index (χ4v) is 5.04. The quantitative estimate of drug-likeness (QED) is 0.300. The van der Waals surface area contributed by atoms with E-state index in [-0.39, 0.29) is 11.5 Å². The minimum atomic E-state index is -0.734. The molecular formula is C31H34O7. The maximum atomic E-state index is 12.7. The Labute approximate surface area is 222 Å². The van der Waals surface area contributed by atoms with Crippen molar-refractivity contribution in [3.05, 3.63) is 92.0 Å². The average Bonchev–Trinajstić information content (AvgIpc) is 3.10. The zero-order valence-electron chi connectivity index (χ0n) is 22.8. The summed E-state index contributed by atoms with van der Waals surface area (Å²) < 4.78 is 22.7. The first kappa shape index (κ1) is 27.1. The van der Waals surface area contributed by atoms with E-state index >= 15 is 0 Å². The zero-order chi connectivity index (χ0) is 27.7. The fourth-order valence-electron chi connectivity index (χ4n) is 5.04. The first-order valence-corrected chi connectivity index (χ1v) is 12.4. The smallest absolute Gasteiger partial charge is 0.227 e. The van der Waals surface area contributed by atoms with E-state index in [2.05, 4.69) is 38.1 Å². The van der Waals surface area contributed by atoms with Gasteiger partial charge < -0.3 is 28.8 Å². The first-order chi connectivity index (χ1) is 18.1. The number of aliphatic hydroxyl groups is 1. The van der Waals surface area contributed by atoms with Crippen molar-refractivity contribution in [1.29, 1.82) is 0 Å². The highest BCUT2D eigenvalue weighted by molar-refractivity contribution is 5.80. The Morgan fingerprint density at radius 3 is 2.08 bits per heavy atom. The van der Waals surface area contributed by atoms with Crippen molar-refractivity contribution in [2.45, 2.75) is 46.1 Å². The summed E-state index contributed by atoms with van der Waals surface area (Å²) in [6.07, 6.45) is 0. The number of aryl methyl sites for hydroxylation is 2. The second-order valence-electron chi connectivity index (χ2n) is 9.73. The van der Waals surface area contributed by atoms with Gasteiger partial charge in [-0.2, -0.15) is 0 Å². The van der Waals surface area contributed by atoms with Crippen molar-refractivity contribution in [2.24, 2.45) is 0 Å². The third kappa shape index (κ3) is 4.70. The Morgan fingerprint density at radius 1 is 0.868 bits per heavy atom. The molecule has 1 aromatic heterocycles. The van der Waals surface area contributed by atoms with Crippen molar-refractivity contribution < 1.29 is 28.8 Å². The molecule has 1 atom stereocenters. The number of methoxy groups -OCH3 is 3. The third-order valence-corrected chi connectivity index (χ3v) is 7.00. The Balaban J connectivity index is 2.13. The molecule has 7 nitrogen and oxygen atoms in total. The molecule has 4 rings (SSSR count). The topological polar surface area (TPSA) is 98.4 Å². The first-order valence-electron chi connectivity index (χ1n) is 12.4. The van der Waals surface area contributed by atoms with Crippen molar-refractivity contribution in [2.75, 3.05) is 21.3 Å². The van der Waals surface area contributed by atoms with Crippen LogP contribution < -0.4 is 19.6 Å². The lowest BCUT2D eigenvalue weighted by Crippen LogP contribution is -2.12. The van der Waals surface area contributed by atoms with E-state index in [9.17, 15) is 15.0 Å². The molecule has 2 aromatic rings. The number of aliphatic hydroxyl groups excluding tert-OH is 1. The monoisotopic (exact) mass is 518 g/mol. The summed E-state index contributed by atoms with van der Waals surface area (Å²) in [5.41, 5.74) is 6.20. The zero-order valence-corrected chi connectivity index (χ0v) is 22.8. The Morgan fingerprint density at radius 2 is 1.53 bits per heavy atom. The molecule has 0 aliphatic heterocycles. The molecule has 2 aliphatic rings. The standard InChI is InChI=1S/C31H34O7/c1-16(2)19-9-8-17(3)27-22(11-19)18(4)10-23(27)28(31-29(34)24(33)14-21(15-32)38-31)20-12-25(35-5)30(37-7)26(13-20)36-6/h8-14,16,28,32,34H,15H2,1-7H3. The second kappa shape index (κ2) is 10.8. The molecule has 0 saturated carbocycles. The molecule has 0 fully saturated rings. The minimum absolute atomic E-state index is 0.0257. The molecule has 0 amide bonds. The van der Waals surface area contributed by atoms with Gasteiger partial charge in [-0.3, -0.25) is 4.79 Å². The molecule has 1 heterocycles.